The Hall–Kier alpha value is -1.18. The third kappa shape index (κ3) is 4.59. The first kappa shape index (κ1) is 16.8. The average Bonchev–Trinajstić information content (AvgIpc) is 2.27. The molecule has 0 bridgehead atoms. The fourth-order valence-electron chi connectivity index (χ4n) is 1.18. The number of nitro benzene ring substituents is 1. The lowest BCUT2D eigenvalue weighted by Crippen LogP contribution is -2.37. The molecule has 0 heterocycles. The lowest BCUT2D eigenvalue weighted by molar-refractivity contribution is -0.385. The van der Waals surface area contributed by atoms with Gasteiger partial charge in [0.2, 0.25) is 0 Å². The highest BCUT2D eigenvalue weighted by Gasteiger charge is 2.14. The molecule has 8 heteroatoms. The monoisotopic (exact) mass is 337 g/mol. The van der Waals surface area contributed by atoms with Crippen molar-refractivity contribution in [2.24, 2.45) is 5.73 Å². The number of nitrogens with one attached hydrogen (secondary N) is 1. The Bertz CT molecular complexity index is 456. The van der Waals surface area contributed by atoms with Gasteiger partial charge in [-0.15, -0.1) is 12.4 Å². The molecule has 0 spiro atoms. The van der Waals surface area contributed by atoms with Gasteiger partial charge in [0.1, 0.15) is 0 Å². The summed E-state index contributed by atoms with van der Waals surface area (Å²) in [5.74, 6) is -0.382. The predicted octanol–water partition coefficient (Wildman–Crippen LogP) is 1.86. The maximum atomic E-state index is 11.7. The quantitative estimate of drug-likeness (QED) is 0.646. The summed E-state index contributed by atoms with van der Waals surface area (Å²) in [6.07, 6.45) is 0. The minimum Gasteiger partial charge on any atom is -0.348 e. The molecule has 6 nitrogen and oxygen atoms in total. The molecule has 1 amide bonds. The molecule has 1 aromatic rings. The zero-order chi connectivity index (χ0) is 13.0. The van der Waals surface area contributed by atoms with Crippen molar-refractivity contribution in [1.82, 2.24) is 5.32 Å². The Kier molecular flexibility index (Phi) is 6.82. The molecular formula is C10H13BrClN3O3. The van der Waals surface area contributed by atoms with E-state index in [1.54, 1.807) is 6.92 Å². The van der Waals surface area contributed by atoms with Gasteiger partial charge in [0.05, 0.1) is 4.92 Å². The molecule has 0 fully saturated rings. The minimum absolute atomic E-state index is 0. The fraction of sp³-hybridized carbons (Fsp3) is 0.300. The summed E-state index contributed by atoms with van der Waals surface area (Å²) >= 11 is 3.12. The van der Waals surface area contributed by atoms with Crippen molar-refractivity contribution in [1.29, 1.82) is 0 Å². The molecule has 0 aliphatic rings. The van der Waals surface area contributed by atoms with Crippen LogP contribution in [0.1, 0.15) is 17.3 Å². The molecule has 100 valence electrons. The van der Waals surface area contributed by atoms with E-state index in [2.05, 4.69) is 21.2 Å². The molecule has 0 saturated carbocycles. The first-order chi connectivity index (χ1) is 7.93. The van der Waals surface area contributed by atoms with E-state index in [-0.39, 0.29) is 35.6 Å². The van der Waals surface area contributed by atoms with E-state index in [9.17, 15) is 14.9 Å². The summed E-state index contributed by atoms with van der Waals surface area (Å²) < 4.78 is 0.484. The SMILES string of the molecule is C[C@H](CN)NC(=O)c1cc(Br)cc([N+](=O)[O-])c1.Cl. The second kappa shape index (κ2) is 7.30. The van der Waals surface area contributed by atoms with Crippen LogP contribution >= 0.6 is 28.3 Å². The number of nitro groups is 1. The zero-order valence-corrected chi connectivity index (χ0v) is 12.0. The van der Waals surface area contributed by atoms with Crippen LogP contribution in [0, 0.1) is 10.1 Å². The van der Waals surface area contributed by atoms with E-state index in [0.29, 0.717) is 11.0 Å². The van der Waals surface area contributed by atoms with E-state index < -0.39 is 4.92 Å². The number of carbonyl (C=O) groups is 1. The Morgan fingerprint density at radius 2 is 2.17 bits per heavy atom. The number of hydrogen-bond donors (Lipinski definition) is 2. The van der Waals surface area contributed by atoms with Gasteiger partial charge in [-0.3, -0.25) is 14.9 Å². The highest BCUT2D eigenvalue weighted by Crippen LogP contribution is 2.21. The number of nitrogens with zero attached hydrogens (tertiary/aromatic N) is 1. The molecule has 0 aliphatic carbocycles. The summed E-state index contributed by atoms with van der Waals surface area (Å²) in [4.78, 5) is 21.8. The molecule has 0 aliphatic heterocycles. The predicted molar refractivity (Wildman–Crippen MR) is 74.0 cm³/mol. The summed E-state index contributed by atoms with van der Waals surface area (Å²) in [7, 11) is 0. The number of benzene rings is 1. The van der Waals surface area contributed by atoms with E-state index in [1.165, 1.54) is 18.2 Å². The lowest BCUT2D eigenvalue weighted by Gasteiger charge is -2.11. The van der Waals surface area contributed by atoms with Crippen LogP contribution in [0.2, 0.25) is 0 Å². The van der Waals surface area contributed by atoms with Crippen LogP contribution in [0.15, 0.2) is 22.7 Å². The molecular weight excluding hydrogens is 325 g/mol. The Labute approximate surface area is 119 Å². The van der Waals surface area contributed by atoms with Crippen LogP contribution in [0.25, 0.3) is 0 Å². The number of nitrogens with two attached hydrogens (primary N) is 1. The van der Waals surface area contributed by atoms with Gasteiger partial charge in [0.25, 0.3) is 11.6 Å². The van der Waals surface area contributed by atoms with Crippen molar-refractivity contribution >= 4 is 39.9 Å². The van der Waals surface area contributed by atoms with Crippen LogP contribution in [0.3, 0.4) is 0 Å². The van der Waals surface area contributed by atoms with Gasteiger partial charge in [-0.25, -0.2) is 0 Å². The van der Waals surface area contributed by atoms with Gasteiger partial charge in [0, 0.05) is 34.8 Å². The first-order valence-electron chi connectivity index (χ1n) is 4.90. The number of amides is 1. The van der Waals surface area contributed by atoms with Gasteiger partial charge in [-0.05, 0) is 13.0 Å². The number of halogens is 2. The fourth-order valence-corrected chi connectivity index (χ4v) is 1.66. The minimum atomic E-state index is -0.548. The molecule has 1 aromatic carbocycles. The number of hydrogen-bond acceptors (Lipinski definition) is 4. The van der Waals surface area contributed by atoms with Crippen molar-refractivity contribution in [3.63, 3.8) is 0 Å². The maximum Gasteiger partial charge on any atom is 0.271 e. The lowest BCUT2D eigenvalue weighted by atomic mass is 10.2. The Morgan fingerprint density at radius 1 is 1.56 bits per heavy atom. The van der Waals surface area contributed by atoms with Crippen molar-refractivity contribution in [3.05, 3.63) is 38.3 Å². The van der Waals surface area contributed by atoms with E-state index >= 15 is 0 Å². The molecule has 1 atom stereocenters. The number of carbonyl (C=O) groups excluding carboxylic acids is 1. The highest BCUT2D eigenvalue weighted by molar-refractivity contribution is 9.10. The van der Waals surface area contributed by atoms with Crippen molar-refractivity contribution in [2.45, 2.75) is 13.0 Å². The van der Waals surface area contributed by atoms with Crippen molar-refractivity contribution in [2.75, 3.05) is 6.54 Å². The third-order valence-corrected chi connectivity index (χ3v) is 2.54. The van der Waals surface area contributed by atoms with E-state index in [0.717, 1.165) is 0 Å². The number of non-ortho nitro benzene ring substituents is 1. The zero-order valence-electron chi connectivity index (χ0n) is 9.55. The molecule has 3 N–H and O–H groups in total. The molecule has 0 saturated heterocycles. The van der Waals surface area contributed by atoms with Gasteiger partial charge in [-0.1, -0.05) is 15.9 Å². The van der Waals surface area contributed by atoms with Crippen LogP contribution in [0.5, 0.6) is 0 Å². The molecule has 18 heavy (non-hydrogen) atoms. The Morgan fingerprint density at radius 3 is 2.67 bits per heavy atom. The molecule has 0 radical (unpaired) electrons. The average molecular weight is 339 g/mol. The van der Waals surface area contributed by atoms with Gasteiger partial charge in [0.15, 0.2) is 0 Å². The topological polar surface area (TPSA) is 98.3 Å². The van der Waals surface area contributed by atoms with Gasteiger partial charge < -0.3 is 11.1 Å². The smallest absolute Gasteiger partial charge is 0.271 e. The van der Waals surface area contributed by atoms with Gasteiger partial charge in [-0.2, -0.15) is 0 Å². The van der Waals surface area contributed by atoms with Crippen molar-refractivity contribution in [3.8, 4) is 0 Å². The normalized spacial score (nSPS) is 11.3. The van der Waals surface area contributed by atoms with Gasteiger partial charge >= 0.3 is 0 Å². The summed E-state index contributed by atoms with van der Waals surface area (Å²) in [6.45, 7) is 2.06. The summed E-state index contributed by atoms with van der Waals surface area (Å²) in [5.41, 5.74) is 5.47. The largest absolute Gasteiger partial charge is 0.348 e. The van der Waals surface area contributed by atoms with Crippen LogP contribution in [-0.4, -0.2) is 23.4 Å². The van der Waals surface area contributed by atoms with Crippen LogP contribution < -0.4 is 11.1 Å². The Balaban J connectivity index is 0.00000289. The number of rotatable bonds is 4. The second-order valence-corrected chi connectivity index (χ2v) is 4.48. The maximum absolute atomic E-state index is 11.7. The summed E-state index contributed by atoms with van der Waals surface area (Å²) in [5, 5.41) is 13.3. The molecule has 0 aromatic heterocycles. The second-order valence-electron chi connectivity index (χ2n) is 3.57. The molecule has 1 rings (SSSR count). The van der Waals surface area contributed by atoms with E-state index in [4.69, 9.17) is 5.73 Å². The van der Waals surface area contributed by atoms with Crippen LogP contribution in [0.4, 0.5) is 5.69 Å². The van der Waals surface area contributed by atoms with Crippen LogP contribution in [-0.2, 0) is 0 Å². The highest BCUT2D eigenvalue weighted by atomic mass is 79.9. The molecule has 0 unspecified atom stereocenters. The summed E-state index contributed by atoms with van der Waals surface area (Å²) in [6, 6.07) is 3.90. The van der Waals surface area contributed by atoms with E-state index in [1.807, 2.05) is 0 Å². The first-order valence-corrected chi connectivity index (χ1v) is 5.69. The third-order valence-electron chi connectivity index (χ3n) is 2.09. The van der Waals surface area contributed by atoms with Crippen molar-refractivity contribution < 1.29 is 9.72 Å². The standard InChI is InChI=1S/C10H12BrN3O3.ClH/c1-6(5-12)13-10(15)7-2-8(11)4-9(3-7)14(16)17;/h2-4,6H,5,12H2,1H3,(H,13,15);1H/t6-;/m1./s1.